The Balaban J connectivity index is 2.44. The summed E-state index contributed by atoms with van der Waals surface area (Å²) in [4.78, 5) is 23.9. The SMILES string of the molecule is COC(=O)c1cc(C(=O)c2cc(Br)ccc2O)cn1C. The summed E-state index contributed by atoms with van der Waals surface area (Å²) >= 11 is 3.25. The van der Waals surface area contributed by atoms with Crippen LogP contribution in [0.5, 0.6) is 5.75 Å². The minimum absolute atomic E-state index is 0.110. The van der Waals surface area contributed by atoms with Crippen LogP contribution in [-0.4, -0.2) is 28.5 Å². The van der Waals surface area contributed by atoms with Gasteiger partial charge in [0.1, 0.15) is 11.4 Å². The Morgan fingerprint density at radius 2 is 2.00 bits per heavy atom. The molecule has 5 nitrogen and oxygen atoms in total. The van der Waals surface area contributed by atoms with E-state index in [0.29, 0.717) is 10.0 Å². The number of aromatic hydroxyl groups is 1. The van der Waals surface area contributed by atoms with Gasteiger partial charge < -0.3 is 14.4 Å². The molecule has 0 aliphatic carbocycles. The monoisotopic (exact) mass is 337 g/mol. The van der Waals surface area contributed by atoms with Crippen LogP contribution in [0.2, 0.25) is 0 Å². The summed E-state index contributed by atoms with van der Waals surface area (Å²) in [6.45, 7) is 0. The highest BCUT2D eigenvalue weighted by Gasteiger charge is 2.19. The minimum Gasteiger partial charge on any atom is -0.507 e. The molecule has 2 rings (SSSR count). The standard InChI is InChI=1S/C14H12BrNO4/c1-16-7-8(5-11(16)14(19)20-2)13(18)10-6-9(15)3-4-12(10)17/h3-7,17H,1-2H3. The van der Waals surface area contributed by atoms with Gasteiger partial charge in [-0.25, -0.2) is 4.79 Å². The van der Waals surface area contributed by atoms with E-state index in [-0.39, 0.29) is 22.8 Å². The third kappa shape index (κ3) is 2.60. The van der Waals surface area contributed by atoms with Crippen molar-refractivity contribution in [1.82, 2.24) is 4.57 Å². The highest BCUT2D eigenvalue weighted by Crippen LogP contribution is 2.25. The van der Waals surface area contributed by atoms with E-state index in [9.17, 15) is 14.7 Å². The third-order valence-electron chi connectivity index (χ3n) is 2.86. The molecule has 0 spiro atoms. The lowest BCUT2D eigenvalue weighted by molar-refractivity contribution is 0.0590. The van der Waals surface area contributed by atoms with Crippen molar-refractivity contribution in [3.63, 3.8) is 0 Å². The van der Waals surface area contributed by atoms with Crippen molar-refractivity contribution in [3.05, 3.63) is 51.8 Å². The lowest BCUT2D eigenvalue weighted by atomic mass is 10.0. The summed E-state index contributed by atoms with van der Waals surface area (Å²) in [5.41, 5.74) is 0.744. The summed E-state index contributed by atoms with van der Waals surface area (Å²) < 4.78 is 6.82. The van der Waals surface area contributed by atoms with E-state index in [4.69, 9.17) is 0 Å². The topological polar surface area (TPSA) is 68.5 Å². The molecule has 0 bridgehead atoms. The molecule has 0 unspecified atom stereocenters. The number of phenols is 1. The molecule has 0 aliphatic heterocycles. The maximum absolute atomic E-state index is 12.3. The van der Waals surface area contributed by atoms with Crippen molar-refractivity contribution in [3.8, 4) is 5.75 Å². The molecule has 0 amide bonds. The van der Waals surface area contributed by atoms with Gasteiger partial charge in [0.2, 0.25) is 0 Å². The zero-order valence-electron chi connectivity index (χ0n) is 10.9. The number of ether oxygens (including phenoxy) is 1. The van der Waals surface area contributed by atoms with Gasteiger partial charge in [-0.2, -0.15) is 0 Å². The molecule has 0 saturated heterocycles. The predicted octanol–water partition coefficient (Wildman–Crippen LogP) is 2.51. The molecule has 0 aliphatic rings. The van der Waals surface area contributed by atoms with Crippen LogP contribution in [0.3, 0.4) is 0 Å². The summed E-state index contributed by atoms with van der Waals surface area (Å²) in [6, 6.07) is 6.04. The van der Waals surface area contributed by atoms with Crippen molar-refractivity contribution < 1.29 is 19.4 Å². The Morgan fingerprint density at radius 3 is 2.65 bits per heavy atom. The minimum atomic E-state index is -0.523. The molecule has 1 heterocycles. The average Bonchev–Trinajstić information content (AvgIpc) is 2.82. The molecule has 1 aromatic heterocycles. The number of halogens is 1. The summed E-state index contributed by atoms with van der Waals surface area (Å²) in [5, 5.41) is 9.76. The van der Waals surface area contributed by atoms with E-state index in [1.54, 1.807) is 13.1 Å². The van der Waals surface area contributed by atoms with Gasteiger partial charge >= 0.3 is 5.97 Å². The number of esters is 1. The Labute approximate surface area is 123 Å². The van der Waals surface area contributed by atoms with Crippen LogP contribution in [0.4, 0.5) is 0 Å². The number of hydrogen-bond acceptors (Lipinski definition) is 4. The molecule has 0 fully saturated rings. The van der Waals surface area contributed by atoms with Crippen LogP contribution in [0.25, 0.3) is 0 Å². The van der Waals surface area contributed by atoms with Gasteiger partial charge in [0.05, 0.1) is 12.7 Å². The van der Waals surface area contributed by atoms with Gasteiger partial charge in [0, 0.05) is 23.3 Å². The van der Waals surface area contributed by atoms with Crippen molar-refractivity contribution in [1.29, 1.82) is 0 Å². The van der Waals surface area contributed by atoms with E-state index < -0.39 is 5.97 Å². The number of carbonyl (C=O) groups is 2. The molecule has 6 heteroatoms. The van der Waals surface area contributed by atoms with Crippen LogP contribution in [-0.2, 0) is 11.8 Å². The van der Waals surface area contributed by atoms with Gasteiger partial charge in [-0.15, -0.1) is 0 Å². The van der Waals surface area contributed by atoms with Crippen LogP contribution in [0.15, 0.2) is 34.9 Å². The first-order valence-electron chi connectivity index (χ1n) is 5.72. The molecule has 0 atom stereocenters. The fourth-order valence-electron chi connectivity index (χ4n) is 1.84. The summed E-state index contributed by atoms with van der Waals surface area (Å²) in [5.74, 6) is -0.999. The quantitative estimate of drug-likeness (QED) is 0.690. The number of aryl methyl sites for hydroxylation is 1. The molecule has 0 radical (unpaired) electrons. The van der Waals surface area contributed by atoms with E-state index >= 15 is 0 Å². The fraction of sp³-hybridized carbons (Fsp3) is 0.143. The Morgan fingerprint density at radius 1 is 1.30 bits per heavy atom. The Bertz CT molecular complexity index is 690. The lowest BCUT2D eigenvalue weighted by Gasteiger charge is -2.02. The van der Waals surface area contributed by atoms with Crippen molar-refractivity contribution in [2.45, 2.75) is 0 Å². The summed E-state index contributed by atoms with van der Waals surface area (Å²) in [6.07, 6.45) is 1.52. The Hall–Kier alpha value is -2.08. The summed E-state index contributed by atoms with van der Waals surface area (Å²) in [7, 11) is 2.92. The predicted molar refractivity (Wildman–Crippen MR) is 76.0 cm³/mol. The number of aromatic nitrogens is 1. The Kier molecular flexibility index (Phi) is 3.94. The largest absolute Gasteiger partial charge is 0.507 e. The van der Waals surface area contributed by atoms with E-state index in [1.807, 2.05) is 0 Å². The molecule has 1 N–H and O–H groups in total. The van der Waals surface area contributed by atoms with Gasteiger partial charge in [-0.05, 0) is 24.3 Å². The van der Waals surface area contributed by atoms with Crippen LogP contribution < -0.4 is 0 Å². The second-order valence-electron chi connectivity index (χ2n) is 4.21. The second-order valence-corrected chi connectivity index (χ2v) is 5.12. The van der Waals surface area contributed by atoms with Crippen molar-refractivity contribution >= 4 is 27.7 Å². The van der Waals surface area contributed by atoms with Gasteiger partial charge in [0.15, 0.2) is 5.78 Å². The van der Waals surface area contributed by atoms with E-state index in [1.165, 1.54) is 36.1 Å². The highest BCUT2D eigenvalue weighted by atomic mass is 79.9. The number of benzene rings is 1. The number of carbonyl (C=O) groups excluding carboxylic acids is 2. The first-order chi connectivity index (χ1) is 9.43. The number of hydrogen-bond donors (Lipinski definition) is 1. The number of phenolic OH excluding ortho intramolecular Hbond substituents is 1. The van der Waals surface area contributed by atoms with Crippen LogP contribution in [0.1, 0.15) is 26.4 Å². The van der Waals surface area contributed by atoms with Crippen LogP contribution in [0, 0.1) is 0 Å². The van der Waals surface area contributed by atoms with Crippen LogP contribution >= 0.6 is 15.9 Å². The number of ketones is 1. The fourth-order valence-corrected chi connectivity index (χ4v) is 2.20. The molecule has 0 saturated carbocycles. The smallest absolute Gasteiger partial charge is 0.354 e. The zero-order valence-corrected chi connectivity index (χ0v) is 12.5. The first kappa shape index (κ1) is 14.3. The molecule has 2 aromatic rings. The molecule has 104 valence electrons. The molecular formula is C14H12BrNO4. The van der Waals surface area contributed by atoms with E-state index in [0.717, 1.165) is 0 Å². The number of rotatable bonds is 3. The maximum Gasteiger partial charge on any atom is 0.354 e. The maximum atomic E-state index is 12.3. The molecule has 20 heavy (non-hydrogen) atoms. The van der Waals surface area contributed by atoms with Gasteiger partial charge in [-0.1, -0.05) is 15.9 Å². The number of methoxy groups -OCH3 is 1. The van der Waals surface area contributed by atoms with Gasteiger partial charge in [-0.3, -0.25) is 4.79 Å². The van der Waals surface area contributed by atoms with Crippen molar-refractivity contribution in [2.75, 3.05) is 7.11 Å². The van der Waals surface area contributed by atoms with Gasteiger partial charge in [0.25, 0.3) is 0 Å². The normalized spacial score (nSPS) is 10.3. The zero-order chi connectivity index (χ0) is 14.9. The third-order valence-corrected chi connectivity index (χ3v) is 3.36. The van der Waals surface area contributed by atoms with E-state index in [2.05, 4.69) is 20.7 Å². The number of nitrogens with zero attached hydrogens (tertiary/aromatic N) is 1. The first-order valence-corrected chi connectivity index (χ1v) is 6.51. The van der Waals surface area contributed by atoms with Crippen molar-refractivity contribution in [2.24, 2.45) is 7.05 Å². The lowest BCUT2D eigenvalue weighted by Crippen LogP contribution is -2.06. The molecular weight excluding hydrogens is 326 g/mol. The molecule has 1 aromatic carbocycles. The second kappa shape index (κ2) is 5.50. The average molecular weight is 338 g/mol. The highest BCUT2D eigenvalue weighted by molar-refractivity contribution is 9.10.